The van der Waals surface area contributed by atoms with Gasteiger partial charge in [-0.1, -0.05) is 72.4 Å². The quantitative estimate of drug-likeness (QED) is 0.532. The second kappa shape index (κ2) is 13.0. The van der Waals surface area contributed by atoms with Crippen LogP contribution in [0, 0.1) is 5.92 Å². The molecule has 0 fully saturated rings. The topological polar surface area (TPSA) is 95.9 Å². The second-order valence-electron chi connectivity index (χ2n) is 9.03. The molecule has 0 radical (unpaired) electrons. The number of carbonyl (C=O) groups excluding carboxylic acids is 2. The van der Waals surface area contributed by atoms with Gasteiger partial charge in [-0.05, 0) is 38.2 Å². The fourth-order valence-corrected chi connectivity index (χ4v) is 4.50. The lowest BCUT2D eigenvalue weighted by Crippen LogP contribution is -2.26. The lowest BCUT2D eigenvalue weighted by atomic mass is 9.92. The third-order valence-electron chi connectivity index (χ3n) is 6.33. The number of ketones is 1. The molecule has 0 aromatic heterocycles. The summed E-state index contributed by atoms with van der Waals surface area (Å²) < 4.78 is 5.35. The molecule has 35 heavy (non-hydrogen) atoms. The first kappa shape index (κ1) is 26.4. The highest BCUT2D eigenvalue weighted by Gasteiger charge is 2.36. The smallest absolute Gasteiger partial charge is 0.244 e. The van der Waals surface area contributed by atoms with Gasteiger partial charge in [-0.3, -0.25) is 9.59 Å². The Morgan fingerprint density at radius 1 is 1.06 bits per heavy atom. The van der Waals surface area contributed by atoms with E-state index in [4.69, 9.17) is 4.74 Å². The Bertz CT molecular complexity index is 1030. The van der Waals surface area contributed by atoms with E-state index < -0.39 is 12.2 Å². The molecule has 4 atom stereocenters. The first-order valence-corrected chi connectivity index (χ1v) is 12.1. The average molecular weight is 478 g/mol. The summed E-state index contributed by atoms with van der Waals surface area (Å²) in [5.74, 6) is -0.790. The van der Waals surface area contributed by atoms with Crippen LogP contribution in [0.5, 0.6) is 0 Å². The maximum atomic E-state index is 13.0. The van der Waals surface area contributed by atoms with E-state index in [0.29, 0.717) is 31.3 Å². The molecule has 186 valence electrons. The third kappa shape index (κ3) is 7.64. The maximum Gasteiger partial charge on any atom is 0.244 e. The minimum atomic E-state index is -0.810. The third-order valence-corrected chi connectivity index (χ3v) is 6.33. The zero-order valence-electron chi connectivity index (χ0n) is 20.4. The number of carbonyl (C=O) groups is 2. The van der Waals surface area contributed by atoms with E-state index in [1.54, 1.807) is 12.2 Å². The number of amides is 1. The van der Waals surface area contributed by atoms with E-state index >= 15 is 0 Å². The van der Waals surface area contributed by atoms with Gasteiger partial charge in [-0.25, -0.2) is 0 Å². The molecule has 1 aromatic carbocycles. The van der Waals surface area contributed by atoms with Gasteiger partial charge in [0.15, 0.2) is 5.78 Å². The van der Waals surface area contributed by atoms with Crippen LogP contribution >= 0.6 is 0 Å². The van der Waals surface area contributed by atoms with E-state index in [0.717, 1.165) is 11.1 Å². The van der Waals surface area contributed by atoms with Gasteiger partial charge in [-0.15, -0.1) is 0 Å². The number of nitrogens with one attached hydrogen (secondary N) is 1. The molecule has 1 aromatic rings. The number of ether oxygens (including phenoxy) is 1. The van der Waals surface area contributed by atoms with Crippen molar-refractivity contribution in [2.75, 3.05) is 7.11 Å². The number of benzene rings is 1. The highest BCUT2D eigenvalue weighted by atomic mass is 16.5. The van der Waals surface area contributed by atoms with Crippen molar-refractivity contribution in [1.29, 1.82) is 0 Å². The van der Waals surface area contributed by atoms with Crippen molar-refractivity contribution in [2.24, 2.45) is 5.92 Å². The Morgan fingerprint density at radius 2 is 1.80 bits per heavy atom. The summed E-state index contributed by atoms with van der Waals surface area (Å²) in [5.41, 5.74) is 2.22. The van der Waals surface area contributed by atoms with Crippen LogP contribution in [0.25, 0.3) is 0 Å². The number of rotatable bonds is 2. The van der Waals surface area contributed by atoms with E-state index in [2.05, 4.69) is 5.32 Å². The number of aliphatic hydroxyl groups is 2. The van der Waals surface area contributed by atoms with Crippen molar-refractivity contribution in [3.63, 3.8) is 0 Å². The number of allylic oxidation sites excluding steroid dienone is 7. The van der Waals surface area contributed by atoms with Gasteiger partial charge in [0.25, 0.3) is 0 Å². The maximum absolute atomic E-state index is 13.0. The second-order valence-corrected chi connectivity index (χ2v) is 9.03. The predicted molar refractivity (Wildman–Crippen MR) is 137 cm³/mol. The van der Waals surface area contributed by atoms with Crippen LogP contribution in [-0.4, -0.2) is 41.2 Å². The summed E-state index contributed by atoms with van der Waals surface area (Å²) in [6, 6.07) is 9.61. The Morgan fingerprint density at radius 3 is 2.54 bits per heavy atom. The molecule has 6 heteroatoms. The molecule has 1 unspecified atom stereocenters. The largest absolute Gasteiger partial charge is 0.509 e. The number of hydrogen-bond donors (Lipinski definition) is 3. The van der Waals surface area contributed by atoms with Crippen LogP contribution in [0.15, 0.2) is 89.8 Å². The fourth-order valence-electron chi connectivity index (χ4n) is 4.50. The van der Waals surface area contributed by atoms with Crippen molar-refractivity contribution in [3.8, 4) is 0 Å². The van der Waals surface area contributed by atoms with Crippen LogP contribution in [0.1, 0.15) is 50.6 Å². The van der Waals surface area contributed by atoms with Gasteiger partial charge < -0.3 is 20.3 Å². The van der Waals surface area contributed by atoms with Crippen LogP contribution in [0.4, 0.5) is 0 Å². The number of fused-ring (bicyclic) bond motifs is 1. The SMILES string of the molecule is CO[C@H]1C[C@@H]2\C=C(C)/C=C/C=C\C(=O)N[C@H](c3ccccc3)C/C=C/CCC(O)CC(=O)C2=C1O. The average Bonchev–Trinajstić information content (AvgIpc) is 3.15. The van der Waals surface area contributed by atoms with Crippen molar-refractivity contribution in [1.82, 2.24) is 5.32 Å². The van der Waals surface area contributed by atoms with Crippen LogP contribution in [0.3, 0.4) is 0 Å². The molecule has 0 spiro atoms. The molecule has 1 heterocycles. The van der Waals surface area contributed by atoms with Gasteiger partial charge >= 0.3 is 0 Å². The first-order valence-electron chi connectivity index (χ1n) is 12.1. The van der Waals surface area contributed by atoms with Gasteiger partial charge in [0.2, 0.25) is 5.91 Å². The van der Waals surface area contributed by atoms with E-state index in [9.17, 15) is 19.8 Å². The molecule has 3 rings (SSSR count). The van der Waals surface area contributed by atoms with E-state index in [1.807, 2.05) is 61.6 Å². The van der Waals surface area contributed by atoms with E-state index in [-0.39, 0.29) is 35.8 Å². The highest BCUT2D eigenvalue weighted by Crippen LogP contribution is 2.36. The van der Waals surface area contributed by atoms with Crippen LogP contribution in [0.2, 0.25) is 0 Å². The summed E-state index contributed by atoms with van der Waals surface area (Å²) >= 11 is 0. The minimum absolute atomic E-state index is 0.0444. The normalized spacial score (nSPS) is 31.2. The molecule has 1 amide bonds. The van der Waals surface area contributed by atoms with Crippen molar-refractivity contribution < 1.29 is 24.5 Å². The van der Waals surface area contributed by atoms with Gasteiger partial charge in [0.05, 0.1) is 12.1 Å². The molecule has 0 saturated heterocycles. The zero-order valence-corrected chi connectivity index (χ0v) is 20.4. The van der Waals surface area contributed by atoms with Crippen molar-refractivity contribution >= 4 is 11.7 Å². The summed E-state index contributed by atoms with van der Waals surface area (Å²) in [5, 5.41) is 24.1. The Hall–Kier alpha value is -3.22. The highest BCUT2D eigenvalue weighted by molar-refractivity contribution is 5.97. The summed E-state index contributed by atoms with van der Waals surface area (Å²) in [6.07, 6.45) is 13.4. The monoisotopic (exact) mass is 477 g/mol. The molecule has 3 N–H and O–H groups in total. The zero-order chi connectivity index (χ0) is 25.2. The lowest BCUT2D eigenvalue weighted by Gasteiger charge is -2.17. The molecule has 1 aliphatic carbocycles. The lowest BCUT2D eigenvalue weighted by molar-refractivity contribution is -0.118. The van der Waals surface area contributed by atoms with E-state index in [1.165, 1.54) is 13.2 Å². The molecule has 1 aliphatic heterocycles. The Balaban J connectivity index is 1.84. The molecular weight excluding hydrogens is 442 g/mol. The first-order chi connectivity index (χ1) is 16.9. The number of Topliss-reactive ketones (excluding diaryl/α,β-unsaturated/α-hetero) is 1. The predicted octanol–water partition coefficient (Wildman–Crippen LogP) is 4.81. The molecule has 0 saturated carbocycles. The van der Waals surface area contributed by atoms with Crippen molar-refractivity contribution in [3.05, 3.63) is 95.3 Å². The van der Waals surface area contributed by atoms with Gasteiger partial charge in [0, 0.05) is 31.1 Å². The number of hydrogen-bond acceptors (Lipinski definition) is 5. The molecule has 2 aliphatic rings. The van der Waals surface area contributed by atoms with Gasteiger partial charge in [0.1, 0.15) is 11.9 Å². The van der Waals surface area contributed by atoms with Gasteiger partial charge in [-0.2, -0.15) is 0 Å². The fraction of sp³-hybridized carbons (Fsp3) is 0.379. The summed E-state index contributed by atoms with van der Waals surface area (Å²) in [4.78, 5) is 25.5. The molecule has 0 bridgehead atoms. The minimum Gasteiger partial charge on any atom is -0.509 e. The summed E-state index contributed by atoms with van der Waals surface area (Å²) in [6.45, 7) is 1.90. The number of methoxy groups -OCH3 is 1. The molecular formula is C29H35NO5. The molecule has 6 nitrogen and oxygen atoms in total. The number of aliphatic hydroxyl groups excluding tert-OH is 2. The standard InChI is InChI=1S/C29H35NO5/c1-20-11-9-10-16-27(33)30-24(21-12-5-3-6-13-21)15-8-4-7-14-23(31)19-25(32)28-22(17-20)18-26(35-2)29(28)34/h3-6,8-13,16-17,22-24,26,31,34H,7,14-15,18-19H2,1-2H3,(H,30,33)/b8-4+,11-9+,16-10-,20-17-/t22-,23?,24-,26-/m0/s1. The Kier molecular flexibility index (Phi) is 9.82. The van der Waals surface area contributed by atoms with Crippen molar-refractivity contribution in [2.45, 2.75) is 57.3 Å². The van der Waals surface area contributed by atoms with Crippen LogP contribution in [-0.2, 0) is 14.3 Å². The summed E-state index contributed by atoms with van der Waals surface area (Å²) in [7, 11) is 1.51. The van der Waals surface area contributed by atoms with Crippen LogP contribution < -0.4 is 5.32 Å². The Labute approximate surface area is 207 Å².